The molecule has 10 heteroatoms. The van der Waals surface area contributed by atoms with Crippen molar-refractivity contribution in [3.05, 3.63) is 0 Å². The van der Waals surface area contributed by atoms with Gasteiger partial charge in [0.15, 0.2) is 5.78 Å². The topological polar surface area (TPSA) is 151 Å². The van der Waals surface area contributed by atoms with Crippen molar-refractivity contribution in [1.82, 2.24) is 10.6 Å². The number of ketones is 1. The predicted molar refractivity (Wildman–Crippen MR) is 130 cm³/mol. The summed E-state index contributed by atoms with van der Waals surface area (Å²) in [7, 11) is 0. The van der Waals surface area contributed by atoms with E-state index in [0.29, 0.717) is 25.8 Å². The minimum atomic E-state index is -0.668. The van der Waals surface area contributed by atoms with E-state index in [1.807, 2.05) is 0 Å². The number of hydrogen-bond donors (Lipinski definition) is 4. The average molecular weight is 475 g/mol. The molecule has 0 aliphatic rings. The summed E-state index contributed by atoms with van der Waals surface area (Å²) >= 11 is 1.79. The maximum atomic E-state index is 11.8. The van der Waals surface area contributed by atoms with E-state index < -0.39 is 17.6 Å². The predicted octanol–water partition coefficient (Wildman–Crippen LogP) is 2.21. The molecule has 0 aromatic heterocycles. The molecule has 0 fully saturated rings. The lowest BCUT2D eigenvalue weighted by atomic mass is 10.1. The van der Waals surface area contributed by atoms with Crippen LogP contribution in [0.1, 0.15) is 73.1 Å². The van der Waals surface area contributed by atoms with E-state index in [-0.39, 0.29) is 24.1 Å². The van der Waals surface area contributed by atoms with E-state index in [0.717, 1.165) is 37.0 Å². The van der Waals surface area contributed by atoms with Crippen molar-refractivity contribution in [2.45, 2.75) is 84.8 Å². The zero-order valence-corrected chi connectivity index (χ0v) is 21.1. The number of amides is 2. The molecular formula is C22H42N4O5S. The lowest BCUT2D eigenvalue weighted by Gasteiger charge is -2.20. The zero-order chi connectivity index (χ0) is 25.0. The van der Waals surface area contributed by atoms with Crippen LogP contribution in [0.15, 0.2) is 0 Å². The van der Waals surface area contributed by atoms with Crippen LogP contribution in [-0.4, -0.2) is 66.0 Å². The van der Waals surface area contributed by atoms with E-state index in [9.17, 15) is 19.2 Å². The molecule has 0 bridgehead atoms. The number of esters is 1. The van der Waals surface area contributed by atoms with Gasteiger partial charge in [-0.3, -0.25) is 19.2 Å². The molecule has 32 heavy (non-hydrogen) atoms. The van der Waals surface area contributed by atoms with Crippen molar-refractivity contribution in [2.24, 2.45) is 5.73 Å². The van der Waals surface area contributed by atoms with Crippen molar-refractivity contribution in [2.75, 3.05) is 24.6 Å². The number of ether oxygens (including phenoxy) is 1. The zero-order valence-electron chi connectivity index (χ0n) is 20.3. The number of unbranched alkanes of at least 4 members (excludes halogenated alkanes) is 1. The maximum Gasteiger partial charge on any atom is 0.325 e. The quantitative estimate of drug-likeness (QED) is 0.161. The van der Waals surface area contributed by atoms with Crippen LogP contribution >= 0.6 is 11.8 Å². The molecule has 0 aliphatic carbocycles. The van der Waals surface area contributed by atoms with Crippen LogP contribution in [0, 0.1) is 5.41 Å². The third-order valence-corrected chi connectivity index (χ3v) is 4.95. The fourth-order valence-electron chi connectivity index (χ4n) is 2.12. The molecule has 1 atom stereocenters. The largest absolute Gasteiger partial charge is 0.459 e. The highest BCUT2D eigenvalue weighted by Gasteiger charge is 2.18. The van der Waals surface area contributed by atoms with Gasteiger partial charge in [-0.15, -0.1) is 0 Å². The first kappa shape index (κ1) is 32.2. The second-order valence-corrected chi connectivity index (χ2v) is 9.31. The highest BCUT2D eigenvalue weighted by atomic mass is 32.2. The van der Waals surface area contributed by atoms with Crippen LogP contribution < -0.4 is 16.4 Å². The minimum absolute atomic E-state index is 0.0630. The van der Waals surface area contributed by atoms with Crippen molar-refractivity contribution in [1.29, 1.82) is 5.41 Å². The highest BCUT2D eigenvalue weighted by Crippen LogP contribution is 2.06. The summed E-state index contributed by atoms with van der Waals surface area (Å²) in [6.45, 7) is 9.55. The molecule has 1 unspecified atom stereocenters. The molecule has 2 amide bonds. The van der Waals surface area contributed by atoms with Gasteiger partial charge in [0, 0.05) is 25.1 Å². The Bertz CT molecular complexity index is 579. The monoisotopic (exact) mass is 474 g/mol. The van der Waals surface area contributed by atoms with Gasteiger partial charge in [0.05, 0.1) is 12.3 Å². The Morgan fingerprint density at radius 2 is 1.75 bits per heavy atom. The number of Topliss-reactive ketones (excluding diaryl/α,β-unsaturated/α-hetero) is 1. The van der Waals surface area contributed by atoms with Gasteiger partial charge in [-0.2, -0.15) is 11.8 Å². The number of nitrogens with two attached hydrogens (primary N) is 1. The molecular weight excluding hydrogens is 432 g/mol. The van der Waals surface area contributed by atoms with Crippen molar-refractivity contribution < 1.29 is 23.9 Å². The molecule has 0 rings (SSSR count). The summed E-state index contributed by atoms with van der Waals surface area (Å²) in [5, 5.41) is 11.7. The third kappa shape index (κ3) is 22.7. The minimum Gasteiger partial charge on any atom is -0.459 e. The Hall–Kier alpha value is -1.94. The Morgan fingerprint density at radius 1 is 1.09 bits per heavy atom. The van der Waals surface area contributed by atoms with Gasteiger partial charge < -0.3 is 26.5 Å². The van der Waals surface area contributed by atoms with E-state index in [1.54, 1.807) is 39.5 Å². The van der Waals surface area contributed by atoms with Gasteiger partial charge in [-0.1, -0.05) is 13.8 Å². The summed E-state index contributed by atoms with van der Waals surface area (Å²) in [5.74, 6) is 1.03. The summed E-state index contributed by atoms with van der Waals surface area (Å²) in [6, 6.07) is -0.668. The maximum absolute atomic E-state index is 11.8. The number of rotatable bonds is 15. The highest BCUT2D eigenvalue weighted by molar-refractivity contribution is 7.99. The molecule has 0 aromatic carbocycles. The number of hydrogen-bond acceptors (Lipinski definition) is 8. The van der Waals surface area contributed by atoms with Crippen molar-refractivity contribution in [3.8, 4) is 0 Å². The fourth-order valence-corrected chi connectivity index (χ4v) is 2.94. The Morgan fingerprint density at radius 3 is 2.25 bits per heavy atom. The van der Waals surface area contributed by atoms with Gasteiger partial charge >= 0.3 is 5.97 Å². The van der Waals surface area contributed by atoms with E-state index >= 15 is 0 Å². The lowest BCUT2D eigenvalue weighted by molar-refractivity contribution is -0.154. The SMILES string of the molecule is CCC(=O)C=N.CCCSCCC(=O)NCCCCC(N)C(=O)NCC(=O)OC(C)(C)C. The fraction of sp³-hybridized carbons (Fsp3) is 0.773. The van der Waals surface area contributed by atoms with Gasteiger partial charge in [0.2, 0.25) is 11.8 Å². The van der Waals surface area contributed by atoms with Crippen LogP contribution in [0.25, 0.3) is 0 Å². The summed E-state index contributed by atoms with van der Waals surface area (Å²) in [4.78, 5) is 44.9. The first-order valence-electron chi connectivity index (χ1n) is 11.1. The molecule has 186 valence electrons. The summed E-state index contributed by atoms with van der Waals surface area (Å²) in [6.07, 6.45) is 4.94. The smallest absolute Gasteiger partial charge is 0.325 e. The van der Waals surface area contributed by atoms with Gasteiger partial charge in [0.25, 0.3) is 0 Å². The molecule has 0 aromatic rings. The molecule has 0 saturated carbocycles. The second kappa shape index (κ2) is 19.7. The Balaban J connectivity index is 0. The normalized spacial score (nSPS) is 11.4. The molecule has 0 saturated heterocycles. The summed E-state index contributed by atoms with van der Waals surface area (Å²) in [5.41, 5.74) is 5.23. The van der Waals surface area contributed by atoms with E-state index in [2.05, 4.69) is 17.6 Å². The van der Waals surface area contributed by atoms with Gasteiger partial charge in [-0.05, 0) is 52.2 Å². The van der Waals surface area contributed by atoms with Gasteiger partial charge in [0.1, 0.15) is 12.1 Å². The molecule has 5 N–H and O–H groups in total. The lowest BCUT2D eigenvalue weighted by Crippen LogP contribution is -2.43. The number of thioether (sulfide) groups is 1. The average Bonchev–Trinajstić information content (AvgIpc) is 2.73. The first-order chi connectivity index (χ1) is 15.0. The van der Waals surface area contributed by atoms with Crippen molar-refractivity contribution in [3.63, 3.8) is 0 Å². The molecule has 9 nitrogen and oxygen atoms in total. The van der Waals surface area contributed by atoms with E-state index in [4.69, 9.17) is 15.9 Å². The van der Waals surface area contributed by atoms with Crippen LogP contribution in [-0.2, 0) is 23.9 Å². The molecule has 0 radical (unpaired) electrons. The summed E-state index contributed by atoms with van der Waals surface area (Å²) < 4.78 is 5.11. The standard InChI is InChI=1S/C18H35N3O4S.C4H7NO/c1-5-11-26-12-9-15(22)20-10-7-6-8-14(19)17(24)21-13-16(23)25-18(2,3)4;1-2-4(6)3-5/h14H,5-13,19H2,1-4H3,(H,20,22)(H,21,24);3,5H,2H2,1H3. The second-order valence-electron chi connectivity index (χ2n) is 8.08. The first-order valence-corrected chi connectivity index (χ1v) is 12.2. The van der Waals surface area contributed by atoms with Crippen LogP contribution in [0.4, 0.5) is 0 Å². The molecule has 0 aliphatic heterocycles. The number of nitrogens with one attached hydrogen (secondary N) is 3. The van der Waals surface area contributed by atoms with Gasteiger partial charge in [-0.25, -0.2) is 0 Å². The number of carbonyl (C=O) groups is 4. The van der Waals surface area contributed by atoms with Crippen LogP contribution in [0.3, 0.4) is 0 Å². The van der Waals surface area contributed by atoms with Crippen molar-refractivity contribution >= 4 is 41.5 Å². The number of carbonyl (C=O) groups excluding carboxylic acids is 4. The van der Waals surface area contributed by atoms with Crippen LogP contribution in [0.5, 0.6) is 0 Å². The molecule has 0 heterocycles. The Kier molecular flexibility index (Phi) is 19.9. The third-order valence-electron chi connectivity index (χ3n) is 3.76. The van der Waals surface area contributed by atoms with Crippen LogP contribution in [0.2, 0.25) is 0 Å². The Labute approximate surface area is 196 Å². The molecule has 0 spiro atoms. The van der Waals surface area contributed by atoms with E-state index in [1.165, 1.54) is 0 Å².